The molecule has 0 aliphatic carbocycles. The number of nitrogens with one attached hydrogen (secondary N) is 2. The zero-order valence-electron chi connectivity index (χ0n) is 17.9. The van der Waals surface area contributed by atoms with Crippen LogP contribution in [0.1, 0.15) is 35.7 Å². The van der Waals surface area contributed by atoms with E-state index in [1.807, 2.05) is 44.2 Å². The van der Waals surface area contributed by atoms with Gasteiger partial charge in [-0.25, -0.2) is 13.8 Å². The summed E-state index contributed by atoms with van der Waals surface area (Å²) in [5.41, 5.74) is 3.85. The van der Waals surface area contributed by atoms with E-state index in [1.165, 1.54) is 24.3 Å². The number of amides is 1. The number of hydrazone groups is 1. The lowest BCUT2D eigenvalue weighted by Gasteiger charge is -2.12. The summed E-state index contributed by atoms with van der Waals surface area (Å²) in [6, 6.07) is 22.2. The van der Waals surface area contributed by atoms with Crippen molar-refractivity contribution >= 4 is 27.8 Å². The first-order chi connectivity index (χ1) is 15.4. The molecular weight excluding hydrogens is 426 g/mol. The van der Waals surface area contributed by atoms with Crippen molar-refractivity contribution in [2.75, 3.05) is 11.3 Å². The molecule has 0 aliphatic heterocycles. The van der Waals surface area contributed by atoms with Gasteiger partial charge in [0.25, 0.3) is 15.9 Å². The van der Waals surface area contributed by atoms with Crippen LogP contribution < -0.4 is 14.9 Å². The standard InChI is InChI=1S/C24H25N3O4S/c1-3-31-20-13-15-21(16-14-20)32(29,30)27-23-12-8-7-11-22(23)24(28)26-25-17-18(2)19-9-5-4-6-10-19/h4-18,27H,3H2,1-2H3,(H,26,28)/b25-17-/t18-/m1/s1. The molecule has 0 bridgehead atoms. The first kappa shape index (κ1) is 23.0. The van der Waals surface area contributed by atoms with Crippen molar-refractivity contribution in [1.82, 2.24) is 5.43 Å². The van der Waals surface area contributed by atoms with Crippen molar-refractivity contribution in [2.24, 2.45) is 5.10 Å². The molecular formula is C24H25N3O4S. The minimum Gasteiger partial charge on any atom is -0.494 e. The van der Waals surface area contributed by atoms with Crippen LogP contribution in [-0.2, 0) is 10.0 Å². The quantitative estimate of drug-likeness (QED) is 0.372. The smallest absolute Gasteiger partial charge is 0.273 e. The molecule has 0 saturated carbocycles. The number of ether oxygens (including phenoxy) is 1. The number of hydrogen-bond donors (Lipinski definition) is 2. The summed E-state index contributed by atoms with van der Waals surface area (Å²) in [6.07, 6.45) is 1.62. The summed E-state index contributed by atoms with van der Waals surface area (Å²) < 4.78 is 33.4. The third-order valence-corrected chi connectivity index (χ3v) is 6.03. The third kappa shape index (κ3) is 5.95. The highest BCUT2D eigenvalue weighted by Crippen LogP contribution is 2.22. The van der Waals surface area contributed by atoms with Gasteiger partial charge >= 0.3 is 0 Å². The maximum Gasteiger partial charge on any atom is 0.273 e. The van der Waals surface area contributed by atoms with E-state index >= 15 is 0 Å². The number of carbonyl (C=O) groups is 1. The highest BCUT2D eigenvalue weighted by molar-refractivity contribution is 7.92. The SMILES string of the molecule is CCOc1ccc(S(=O)(=O)Nc2ccccc2C(=O)N/N=C\[C@@H](C)c2ccccc2)cc1. The van der Waals surface area contributed by atoms with Gasteiger partial charge in [0, 0.05) is 12.1 Å². The van der Waals surface area contributed by atoms with Gasteiger partial charge in [-0.05, 0) is 48.9 Å². The molecule has 0 aromatic heterocycles. The average Bonchev–Trinajstić information content (AvgIpc) is 2.80. The summed E-state index contributed by atoms with van der Waals surface area (Å²) in [6.45, 7) is 4.30. The molecule has 0 spiro atoms. The Balaban J connectivity index is 1.72. The predicted octanol–water partition coefficient (Wildman–Crippen LogP) is 4.41. The van der Waals surface area contributed by atoms with E-state index in [9.17, 15) is 13.2 Å². The summed E-state index contributed by atoms with van der Waals surface area (Å²) in [7, 11) is -3.90. The van der Waals surface area contributed by atoms with E-state index in [0.717, 1.165) is 5.56 Å². The first-order valence-electron chi connectivity index (χ1n) is 10.1. The molecule has 3 aromatic carbocycles. The largest absolute Gasteiger partial charge is 0.494 e. The van der Waals surface area contributed by atoms with Crippen molar-refractivity contribution < 1.29 is 17.9 Å². The molecule has 0 radical (unpaired) electrons. The fourth-order valence-corrected chi connectivity index (χ4v) is 4.05. The molecule has 32 heavy (non-hydrogen) atoms. The van der Waals surface area contributed by atoms with Gasteiger partial charge in [-0.1, -0.05) is 49.4 Å². The number of para-hydroxylation sites is 1. The maximum absolute atomic E-state index is 12.8. The van der Waals surface area contributed by atoms with Crippen LogP contribution in [0.2, 0.25) is 0 Å². The number of nitrogens with zero attached hydrogens (tertiary/aromatic N) is 1. The van der Waals surface area contributed by atoms with E-state index in [-0.39, 0.29) is 22.1 Å². The zero-order valence-corrected chi connectivity index (χ0v) is 18.7. The Hall–Kier alpha value is -3.65. The Morgan fingerprint density at radius 2 is 1.66 bits per heavy atom. The van der Waals surface area contributed by atoms with Gasteiger partial charge in [0.1, 0.15) is 5.75 Å². The Morgan fingerprint density at radius 1 is 1.00 bits per heavy atom. The zero-order chi connectivity index (χ0) is 23.0. The van der Waals surface area contributed by atoms with Crippen LogP contribution in [0.25, 0.3) is 0 Å². The molecule has 1 atom stereocenters. The van der Waals surface area contributed by atoms with E-state index < -0.39 is 15.9 Å². The molecule has 166 valence electrons. The summed E-state index contributed by atoms with van der Waals surface area (Å²) >= 11 is 0. The minimum absolute atomic E-state index is 0.00454. The minimum atomic E-state index is -3.90. The van der Waals surface area contributed by atoms with E-state index in [1.54, 1.807) is 30.5 Å². The highest BCUT2D eigenvalue weighted by Gasteiger charge is 2.18. The van der Waals surface area contributed by atoms with Crippen LogP contribution in [0, 0.1) is 0 Å². The van der Waals surface area contributed by atoms with Crippen molar-refractivity contribution in [3.05, 3.63) is 90.0 Å². The second-order valence-corrected chi connectivity index (χ2v) is 8.66. The van der Waals surface area contributed by atoms with E-state index in [4.69, 9.17) is 4.74 Å². The van der Waals surface area contributed by atoms with Crippen LogP contribution in [0.3, 0.4) is 0 Å². The van der Waals surface area contributed by atoms with Gasteiger partial charge < -0.3 is 4.74 Å². The van der Waals surface area contributed by atoms with Gasteiger partial charge in [0.05, 0.1) is 22.8 Å². The summed E-state index contributed by atoms with van der Waals surface area (Å²) in [5, 5.41) is 4.03. The fraction of sp³-hybridized carbons (Fsp3) is 0.167. The fourth-order valence-electron chi connectivity index (χ4n) is 2.97. The van der Waals surface area contributed by atoms with Crippen LogP contribution >= 0.6 is 0 Å². The number of carbonyl (C=O) groups excluding carboxylic acids is 1. The molecule has 3 aromatic rings. The Morgan fingerprint density at radius 3 is 2.34 bits per heavy atom. The van der Waals surface area contributed by atoms with Gasteiger partial charge in [0.15, 0.2) is 0 Å². The number of rotatable bonds is 9. The van der Waals surface area contributed by atoms with Gasteiger partial charge in [-0.3, -0.25) is 9.52 Å². The monoisotopic (exact) mass is 451 g/mol. The summed E-state index contributed by atoms with van der Waals surface area (Å²) in [4.78, 5) is 12.7. The molecule has 2 N–H and O–H groups in total. The van der Waals surface area contributed by atoms with Crippen LogP contribution in [0.5, 0.6) is 5.75 Å². The number of anilines is 1. The van der Waals surface area contributed by atoms with E-state index in [0.29, 0.717) is 12.4 Å². The molecule has 0 saturated heterocycles. The molecule has 1 amide bonds. The van der Waals surface area contributed by atoms with E-state index in [2.05, 4.69) is 15.2 Å². The second kappa shape index (κ2) is 10.6. The lowest BCUT2D eigenvalue weighted by molar-refractivity contribution is 0.0956. The Bertz CT molecular complexity index is 1180. The molecule has 7 nitrogen and oxygen atoms in total. The Kier molecular flexibility index (Phi) is 7.62. The first-order valence-corrected chi connectivity index (χ1v) is 11.6. The number of sulfonamides is 1. The van der Waals surface area contributed by atoms with Gasteiger partial charge in [0.2, 0.25) is 0 Å². The highest BCUT2D eigenvalue weighted by atomic mass is 32.2. The van der Waals surface area contributed by atoms with Crippen LogP contribution in [0.4, 0.5) is 5.69 Å². The van der Waals surface area contributed by atoms with Gasteiger partial charge in [-0.2, -0.15) is 5.10 Å². The lowest BCUT2D eigenvalue weighted by atomic mass is 10.0. The topological polar surface area (TPSA) is 96.9 Å². The third-order valence-electron chi connectivity index (χ3n) is 4.65. The van der Waals surface area contributed by atoms with Crippen molar-refractivity contribution in [1.29, 1.82) is 0 Å². The molecule has 0 fully saturated rings. The van der Waals surface area contributed by atoms with Gasteiger partial charge in [-0.15, -0.1) is 0 Å². The second-order valence-electron chi connectivity index (χ2n) is 6.97. The normalized spacial score (nSPS) is 12.3. The number of hydrogen-bond acceptors (Lipinski definition) is 5. The Labute approximate surface area is 188 Å². The summed E-state index contributed by atoms with van der Waals surface area (Å²) in [5.74, 6) is 0.0604. The van der Waals surface area contributed by atoms with Crippen molar-refractivity contribution in [2.45, 2.75) is 24.7 Å². The van der Waals surface area contributed by atoms with Crippen molar-refractivity contribution in [3.8, 4) is 5.75 Å². The van der Waals surface area contributed by atoms with Crippen LogP contribution in [0.15, 0.2) is 88.9 Å². The number of benzene rings is 3. The lowest BCUT2D eigenvalue weighted by Crippen LogP contribution is -2.21. The predicted molar refractivity (Wildman–Crippen MR) is 126 cm³/mol. The molecule has 3 rings (SSSR count). The van der Waals surface area contributed by atoms with Crippen molar-refractivity contribution in [3.63, 3.8) is 0 Å². The maximum atomic E-state index is 12.8. The molecule has 8 heteroatoms. The molecule has 0 heterocycles. The average molecular weight is 452 g/mol. The molecule has 0 aliphatic rings. The molecule has 0 unspecified atom stereocenters. The van der Waals surface area contributed by atoms with Crippen LogP contribution in [-0.4, -0.2) is 27.1 Å².